The first-order valence-corrected chi connectivity index (χ1v) is 7.20. The van der Waals surface area contributed by atoms with Crippen molar-refractivity contribution in [1.29, 1.82) is 0 Å². The summed E-state index contributed by atoms with van der Waals surface area (Å²) in [5.41, 5.74) is 2.87. The summed E-state index contributed by atoms with van der Waals surface area (Å²) in [4.78, 5) is 12.0. The van der Waals surface area contributed by atoms with E-state index in [9.17, 15) is 0 Å². The van der Waals surface area contributed by atoms with Gasteiger partial charge in [-0.25, -0.2) is 4.98 Å². The van der Waals surface area contributed by atoms with Crippen LogP contribution in [0.15, 0.2) is 42.6 Å². The highest BCUT2D eigenvalue weighted by atomic mass is 32.1. The molecule has 0 aliphatic rings. The van der Waals surface area contributed by atoms with E-state index in [1.54, 1.807) is 0 Å². The van der Waals surface area contributed by atoms with Gasteiger partial charge < -0.3 is 9.72 Å². The monoisotopic (exact) mass is 297 g/mol. The zero-order chi connectivity index (χ0) is 14.7. The standard InChI is InChI=1S/C16H15N3OS/c1-2-20-10-15-18-14(8-16(21)19-15)12-7-11-5-3-4-6-13(11)17-9-12/h3-9H,2,10H2,1H3,(H,18,19,21). The Hall–Kier alpha value is -2.11. The summed E-state index contributed by atoms with van der Waals surface area (Å²) in [5.74, 6) is 0.729. The molecule has 0 aliphatic heterocycles. The first kappa shape index (κ1) is 13.9. The SMILES string of the molecule is CCOCc1nc(=S)cc(-c2cnc3ccccc3c2)[nH]1. The quantitative estimate of drug-likeness (QED) is 0.742. The fourth-order valence-electron chi connectivity index (χ4n) is 2.15. The fraction of sp³-hybridized carbons (Fsp3) is 0.188. The minimum absolute atomic E-state index is 0.426. The molecule has 3 aromatic rings. The number of aromatic amines is 1. The molecule has 2 aromatic heterocycles. The Morgan fingerprint density at radius 1 is 1.24 bits per heavy atom. The molecule has 0 aliphatic carbocycles. The molecule has 0 saturated heterocycles. The number of hydrogen-bond donors (Lipinski definition) is 1. The van der Waals surface area contributed by atoms with Crippen molar-refractivity contribution >= 4 is 23.1 Å². The molecule has 0 amide bonds. The maximum Gasteiger partial charge on any atom is 0.134 e. The summed E-state index contributed by atoms with van der Waals surface area (Å²) in [7, 11) is 0. The Morgan fingerprint density at radius 2 is 2.10 bits per heavy atom. The van der Waals surface area contributed by atoms with Crippen LogP contribution in [-0.4, -0.2) is 21.6 Å². The lowest BCUT2D eigenvalue weighted by Crippen LogP contribution is -2.00. The molecule has 0 radical (unpaired) electrons. The average molecular weight is 297 g/mol. The van der Waals surface area contributed by atoms with E-state index in [4.69, 9.17) is 17.0 Å². The van der Waals surface area contributed by atoms with Crippen LogP contribution in [-0.2, 0) is 11.3 Å². The number of fused-ring (bicyclic) bond motifs is 1. The van der Waals surface area contributed by atoms with E-state index >= 15 is 0 Å². The van der Waals surface area contributed by atoms with Gasteiger partial charge in [-0.1, -0.05) is 30.4 Å². The predicted molar refractivity (Wildman–Crippen MR) is 85.5 cm³/mol. The fourth-order valence-corrected chi connectivity index (χ4v) is 2.38. The topological polar surface area (TPSA) is 50.8 Å². The zero-order valence-corrected chi connectivity index (χ0v) is 12.5. The third-order valence-electron chi connectivity index (χ3n) is 3.14. The van der Waals surface area contributed by atoms with Gasteiger partial charge in [0.1, 0.15) is 17.1 Å². The van der Waals surface area contributed by atoms with Crippen LogP contribution < -0.4 is 0 Å². The molecule has 21 heavy (non-hydrogen) atoms. The number of benzene rings is 1. The zero-order valence-electron chi connectivity index (χ0n) is 11.7. The van der Waals surface area contributed by atoms with Crippen LogP contribution in [0.1, 0.15) is 12.7 Å². The van der Waals surface area contributed by atoms with Gasteiger partial charge in [-0.15, -0.1) is 0 Å². The van der Waals surface area contributed by atoms with E-state index in [1.165, 1.54) is 0 Å². The van der Waals surface area contributed by atoms with Gasteiger partial charge in [0.25, 0.3) is 0 Å². The Morgan fingerprint density at radius 3 is 2.95 bits per heavy atom. The lowest BCUT2D eigenvalue weighted by Gasteiger charge is -2.07. The van der Waals surface area contributed by atoms with E-state index < -0.39 is 0 Å². The van der Waals surface area contributed by atoms with Crippen molar-refractivity contribution in [1.82, 2.24) is 15.0 Å². The molecule has 4 nitrogen and oxygen atoms in total. The molecular weight excluding hydrogens is 282 g/mol. The maximum absolute atomic E-state index is 5.38. The molecule has 0 fully saturated rings. The van der Waals surface area contributed by atoms with Gasteiger partial charge in [0.05, 0.1) is 11.2 Å². The highest BCUT2D eigenvalue weighted by Gasteiger charge is 2.04. The molecule has 0 atom stereocenters. The predicted octanol–water partition coefficient (Wildman–Crippen LogP) is 3.89. The second-order valence-electron chi connectivity index (χ2n) is 4.63. The average Bonchev–Trinajstić information content (AvgIpc) is 2.52. The largest absolute Gasteiger partial charge is 0.374 e. The number of nitrogens with one attached hydrogen (secondary N) is 1. The molecular formula is C16H15N3OS. The Kier molecular flexibility index (Phi) is 4.03. The minimum Gasteiger partial charge on any atom is -0.374 e. The molecule has 5 heteroatoms. The molecule has 0 spiro atoms. The van der Waals surface area contributed by atoms with Crippen molar-refractivity contribution in [2.75, 3.05) is 6.61 Å². The van der Waals surface area contributed by atoms with Crippen LogP contribution >= 0.6 is 12.2 Å². The summed E-state index contributed by atoms with van der Waals surface area (Å²) >= 11 is 5.23. The highest BCUT2D eigenvalue weighted by molar-refractivity contribution is 7.71. The number of nitrogens with zero attached hydrogens (tertiary/aromatic N) is 2. The lowest BCUT2D eigenvalue weighted by molar-refractivity contribution is 0.128. The number of H-pyrrole nitrogens is 1. The summed E-state index contributed by atoms with van der Waals surface area (Å²) < 4.78 is 5.93. The first-order chi connectivity index (χ1) is 10.3. The smallest absolute Gasteiger partial charge is 0.134 e. The Labute approximate surface area is 127 Å². The number of pyridine rings is 1. The van der Waals surface area contributed by atoms with Crippen LogP contribution in [0.25, 0.3) is 22.2 Å². The number of para-hydroxylation sites is 1. The molecule has 0 saturated carbocycles. The van der Waals surface area contributed by atoms with Gasteiger partial charge in [-0.05, 0) is 25.1 Å². The Bertz CT molecular complexity index is 829. The van der Waals surface area contributed by atoms with Crippen LogP contribution in [0.2, 0.25) is 0 Å². The lowest BCUT2D eigenvalue weighted by atomic mass is 10.1. The second kappa shape index (κ2) is 6.11. The van der Waals surface area contributed by atoms with Crippen molar-refractivity contribution in [2.24, 2.45) is 0 Å². The second-order valence-corrected chi connectivity index (χ2v) is 5.05. The maximum atomic E-state index is 5.38. The van der Waals surface area contributed by atoms with Crippen LogP contribution in [0.3, 0.4) is 0 Å². The van der Waals surface area contributed by atoms with Gasteiger partial charge in [-0.2, -0.15) is 0 Å². The molecule has 1 N–H and O–H groups in total. The van der Waals surface area contributed by atoms with Gasteiger partial charge in [0, 0.05) is 23.8 Å². The number of ether oxygens (including phenoxy) is 1. The van der Waals surface area contributed by atoms with Crippen molar-refractivity contribution in [3.05, 3.63) is 53.1 Å². The van der Waals surface area contributed by atoms with E-state index in [-0.39, 0.29) is 0 Å². The van der Waals surface area contributed by atoms with E-state index in [2.05, 4.69) is 21.0 Å². The molecule has 0 bridgehead atoms. The molecule has 0 unspecified atom stereocenters. The van der Waals surface area contributed by atoms with Crippen molar-refractivity contribution in [2.45, 2.75) is 13.5 Å². The van der Waals surface area contributed by atoms with Gasteiger partial charge in [0.15, 0.2) is 0 Å². The summed E-state index contributed by atoms with van der Waals surface area (Å²) in [5, 5.41) is 1.09. The van der Waals surface area contributed by atoms with Gasteiger partial charge in [-0.3, -0.25) is 4.98 Å². The third-order valence-corrected chi connectivity index (χ3v) is 3.35. The van der Waals surface area contributed by atoms with Crippen LogP contribution in [0.4, 0.5) is 0 Å². The molecule has 3 rings (SSSR count). The normalized spacial score (nSPS) is 10.9. The number of rotatable bonds is 4. The number of hydrogen-bond acceptors (Lipinski definition) is 4. The summed E-state index contributed by atoms with van der Waals surface area (Å²) in [6.07, 6.45) is 1.84. The van der Waals surface area contributed by atoms with Crippen LogP contribution in [0.5, 0.6) is 0 Å². The molecule has 106 valence electrons. The van der Waals surface area contributed by atoms with E-state index in [0.717, 1.165) is 28.0 Å². The van der Waals surface area contributed by atoms with Crippen molar-refractivity contribution in [3.8, 4) is 11.3 Å². The minimum atomic E-state index is 0.426. The van der Waals surface area contributed by atoms with E-state index in [1.807, 2.05) is 43.5 Å². The number of aromatic nitrogens is 3. The summed E-state index contributed by atoms with van der Waals surface area (Å²) in [6, 6.07) is 12.0. The molecule has 1 aromatic carbocycles. The van der Waals surface area contributed by atoms with Crippen molar-refractivity contribution < 1.29 is 4.74 Å². The molecule has 2 heterocycles. The van der Waals surface area contributed by atoms with Crippen molar-refractivity contribution in [3.63, 3.8) is 0 Å². The van der Waals surface area contributed by atoms with Gasteiger partial charge >= 0.3 is 0 Å². The Balaban J connectivity index is 2.04. The summed E-state index contributed by atoms with van der Waals surface area (Å²) in [6.45, 7) is 3.02. The first-order valence-electron chi connectivity index (χ1n) is 6.79. The van der Waals surface area contributed by atoms with E-state index in [0.29, 0.717) is 17.9 Å². The third kappa shape index (κ3) is 3.15. The highest BCUT2D eigenvalue weighted by Crippen LogP contribution is 2.21. The van der Waals surface area contributed by atoms with Crippen LogP contribution in [0, 0.1) is 4.64 Å². The van der Waals surface area contributed by atoms with Gasteiger partial charge in [0.2, 0.25) is 0 Å².